The summed E-state index contributed by atoms with van der Waals surface area (Å²) in [5.74, 6) is -1.12. The number of alkyl halides is 3. The number of aromatic carboxylic acids is 1. The van der Waals surface area contributed by atoms with Crippen LogP contribution in [0.5, 0.6) is 0 Å². The third-order valence-electron chi connectivity index (χ3n) is 2.56. The number of halogens is 3. The van der Waals surface area contributed by atoms with Crippen molar-refractivity contribution in [1.29, 1.82) is 0 Å². The maximum absolute atomic E-state index is 13.5. The van der Waals surface area contributed by atoms with E-state index in [4.69, 9.17) is 11.6 Å². The third kappa shape index (κ3) is 4.09. The molecule has 2 nitrogen and oxygen atoms in total. The number of hydrogen-bond donors (Lipinski definition) is 1. The van der Waals surface area contributed by atoms with Crippen molar-refractivity contribution < 1.29 is 18.7 Å². The molecule has 20 heavy (non-hydrogen) atoms. The van der Waals surface area contributed by atoms with Gasteiger partial charge in [-0.2, -0.15) is 8.78 Å². The fourth-order valence-electron chi connectivity index (χ4n) is 1.83. The van der Waals surface area contributed by atoms with Crippen LogP contribution in [0.15, 0.2) is 17.0 Å². The minimum Gasteiger partial charge on any atom is -0.478 e. The molecular formula is C14H17ClF2O2S. The zero-order valence-electron chi connectivity index (χ0n) is 11.8. The van der Waals surface area contributed by atoms with Crippen molar-refractivity contribution in [3.8, 4) is 0 Å². The van der Waals surface area contributed by atoms with Crippen LogP contribution in [0.1, 0.15) is 49.2 Å². The minimum atomic E-state index is -3.52. The molecule has 1 rings (SSSR count). The van der Waals surface area contributed by atoms with E-state index in [1.807, 2.05) is 20.8 Å². The van der Waals surface area contributed by atoms with Gasteiger partial charge in [-0.1, -0.05) is 27.7 Å². The van der Waals surface area contributed by atoms with E-state index in [0.717, 1.165) is 6.07 Å². The van der Waals surface area contributed by atoms with Gasteiger partial charge in [0.1, 0.15) is 0 Å². The Bertz CT molecular complexity index is 519. The van der Waals surface area contributed by atoms with Gasteiger partial charge in [0.25, 0.3) is 0 Å². The van der Waals surface area contributed by atoms with Crippen LogP contribution >= 0.6 is 23.4 Å². The summed E-state index contributed by atoms with van der Waals surface area (Å²) in [7, 11) is 0. The lowest BCUT2D eigenvalue weighted by atomic mass is 10.0. The lowest BCUT2D eigenvalue weighted by Gasteiger charge is -2.24. The predicted octanol–water partition coefficient (Wildman–Crippen LogP) is 5.13. The molecule has 0 saturated heterocycles. The summed E-state index contributed by atoms with van der Waals surface area (Å²) in [5.41, 5.74) is 0.111. The molecular weight excluding hydrogens is 306 g/mol. The van der Waals surface area contributed by atoms with Crippen molar-refractivity contribution in [1.82, 2.24) is 0 Å². The van der Waals surface area contributed by atoms with Crippen LogP contribution in [0, 0.1) is 0 Å². The van der Waals surface area contributed by atoms with Crippen molar-refractivity contribution in [3.63, 3.8) is 0 Å². The molecule has 1 N–H and O–H groups in total. The number of hydrogen-bond acceptors (Lipinski definition) is 2. The van der Waals surface area contributed by atoms with Gasteiger partial charge in [-0.3, -0.25) is 0 Å². The standard InChI is InChI=1S/C14H17ClF2O2S/c1-5-8-9(12(18)19)6-7-10(14(15,16)17)11(8)20-13(2,3)4/h6-7H,5H2,1-4H3,(H,18,19). The molecule has 1 aromatic rings. The minimum absolute atomic E-state index is 0.0453. The Balaban J connectivity index is 3.60. The van der Waals surface area contributed by atoms with Gasteiger partial charge in [0.05, 0.1) is 11.1 Å². The number of benzene rings is 1. The third-order valence-corrected chi connectivity index (χ3v) is 4.04. The van der Waals surface area contributed by atoms with E-state index in [1.54, 1.807) is 6.92 Å². The van der Waals surface area contributed by atoms with E-state index in [-0.39, 0.29) is 20.8 Å². The number of rotatable bonds is 4. The van der Waals surface area contributed by atoms with Gasteiger partial charge < -0.3 is 5.11 Å². The first-order chi connectivity index (χ1) is 8.97. The lowest BCUT2D eigenvalue weighted by molar-refractivity contribution is 0.0692. The van der Waals surface area contributed by atoms with Crippen LogP contribution in [-0.2, 0) is 11.8 Å². The second-order valence-corrected chi connectivity index (χ2v) is 7.65. The molecule has 0 fully saturated rings. The van der Waals surface area contributed by atoms with Gasteiger partial charge in [0, 0.05) is 9.64 Å². The highest BCUT2D eigenvalue weighted by Gasteiger charge is 2.34. The Kier molecular flexibility index (Phi) is 5.08. The molecule has 0 aliphatic carbocycles. The van der Waals surface area contributed by atoms with E-state index >= 15 is 0 Å². The summed E-state index contributed by atoms with van der Waals surface area (Å²) in [6, 6.07) is 2.29. The van der Waals surface area contributed by atoms with Crippen molar-refractivity contribution in [3.05, 3.63) is 28.8 Å². The predicted molar refractivity (Wildman–Crippen MR) is 78.1 cm³/mol. The molecule has 0 aromatic heterocycles. The van der Waals surface area contributed by atoms with Crippen LogP contribution in [0.2, 0.25) is 0 Å². The summed E-state index contributed by atoms with van der Waals surface area (Å²) >= 11 is 6.37. The summed E-state index contributed by atoms with van der Waals surface area (Å²) in [6.45, 7) is 7.37. The van der Waals surface area contributed by atoms with Crippen LogP contribution in [0.4, 0.5) is 8.78 Å². The Morgan fingerprint density at radius 3 is 2.25 bits per heavy atom. The average Bonchev–Trinajstić information content (AvgIpc) is 2.24. The second kappa shape index (κ2) is 5.90. The molecule has 0 unspecified atom stereocenters. The molecule has 0 spiro atoms. The Hall–Kier alpha value is -0.810. The van der Waals surface area contributed by atoms with Crippen LogP contribution in [0.25, 0.3) is 0 Å². The first kappa shape index (κ1) is 17.2. The maximum Gasteiger partial charge on any atom is 0.349 e. The molecule has 0 amide bonds. The largest absolute Gasteiger partial charge is 0.478 e. The van der Waals surface area contributed by atoms with Crippen LogP contribution in [0.3, 0.4) is 0 Å². The van der Waals surface area contributed by atoms with E-state index in [1.165, 1.54) is 17.8 Å². The number of carboxylic acids is 1. The van der Waals surface area contributed by atoms with Gasteiger partial charge in [0.2, 0.25) is 0 Å². The Morgan fingerprint density at radius 2 is 1.90 bits per heavy atom. The zero-order chi connectivity index (χ0) is 15.7. The highest BCUT2D eigenvalue weighted by molar-refractivity contribution is 8.00. The monoisotopic (exact) mass is 322 g/mol. The highest BCUT2D eigenvalue weighted by atomic mass is 35.5. The van der Waals surface area contributed by atoms with Gasteiger partial charge in [-0.05, 0) is 35.7 Å². The first-order valence-corrected chi connectivity index (χ1v) is 7.32. The summed E-state index contributed by atoms with van der Waals surface area (Å²) in [5, 5.41) is 5.66. The summed E-state index contributed by atoms with van der Waals surface area (Å²) < 4.78 is 26.8. The van der Waals surface area contributed by atoms with Crippen LogP contribution in [-0.4, -0.2) is 15.8 Å². The van der Waals surface area contributed by atoms with E-state index in [9.17, 15) is 18.7 Å². The summed E-state index contributed by atoms with van der Waals surface area (Å²) in [6.07, 6.45) is 0.348. The molecule has 112 valence electrons. The molecule has 0 radical (unpaired) electrons. The second-order valence-electron chi connectivity index (χ2n) is 5.34. The molecule has 0 aliphatic rings. The fourth-order valence-corrected chi connectivity index (χ4v) is 3.33. The first-order valence-electron chi connectivity index (χ1n) is 6.12. The molecule has 6 heteroatoms. The van der Waals surface area contributed by atoms with Gasteiger partial charge in [-0.15, -0.1) is 11.8 Å². The lowest BCUT2D eigenvalue weighted by Crippen LogP contribution is -2.15. The van der Waals surface area contributed by atoms with Crippen molar-refractivity contribution >= 4 is 29.3 Å². The van der Waals surface area contributed by atoms with Crippen molar-refractivity contribution in [2.24, 2.45) is 0 Å². The Morgan fingerprint density at radius 1 is 1.35 bits per heavy atom. The van der Waals surface area contributed by atoms with Gasteiger partial charge >= 0.3 is 11.4 Å². The summed E-state index contributed by atoms with van der Waals surface area (Å²) in [4.78, 5) is 11.5. The molecule has 0 saturated carbocycles. The van der Waals surface area contributed by atoms with Gasteiger partial charge in [0.15, 0.2) is 0 Å². The fraction of sp³-hybridized carbons (Fsp3) is 0.500. The molecule has 0 heterocycles. The topological polar surface area (TPSA) is 37.3 Å². The van der Waals surface area contributed by atoms with Crippen molar-refractivity contribution in [2.75, 3.05) is 0 Å². The van der Waals surface area contributed by atoms with Gasteiger partial charge in [-0.25, -0.2) is 4.79 Å². The quantitative estimate of drug-likeness (QED) is 0.617. The molecule has 1 aromatic carbocycles. The number of carbonyl (C=O) groups is 1. The average molecular weight is 323 g/mol. The van der Waals surface area contributed by atoms with Crippen molar-refractivity contribution in [2.45, 2.75) is 49.1 Å². The Labute approximate surface area is 126 Å². The van der Waals surface area contributed by atoms with E-state index in [0.29, 0.717) is 12.0 Å². The van der Waals surface area contributed by atoms with E-state index in [2.05, 4.69) is 0 Å². The maximum atomic E-state index is 13.5. The van der Waals surface area contributed by atoms with E-state index < -0.39 is 11.4 Å². The molecule has 0 aliphatic heterocycles. The normalized spacial score (nSPS) is 12.6. The molecule has 0 atom stereocenters. The number of thioether (sulfide) groups is 1. The smallest absolute Gasteiger partial charge is 0.349 e. The zero-order valence-corrected chi connectivity index (χ0v) is 13.3. The SMILES string of the molecule is CCc1c(C(=O)O)ccc(C(F)(F)Cl)c1SC(C)(C)C. The number of carboxylic acid groups (broad SMARTS) is 1. The van der Waals surface area contributed by atoms with Crippen LogP contribution < -0.4 is 0 Å². The highest BCUT2D eigenvalue weighted by Crippen LogP contribution is 2.45. The molecule has 0 bridgehead atoms.